The smallest absolute Gasteiger partial charge is 0.284 e. The Morgan fingerprint density at radius 1 is 1.08 bits per heavy atom. The second-order valence-electron chi connectivity index (χ2n) is 17.3. The van der Waals surface area contributed by atoms with Crippen LogP contribution in [0.1, 0.15) is 90.6 Å². The second kappa shape index (κ2) is 19.3. The zero-order valence-corrected chi connectivity index (χ0v) is 36.3. The minimum absolute atomic E-state index is 0.0554. The maximum absolute atomic E-state index is 15.5. The molecule has 4 aliphatic rings. The fourth-order valence-electron chi connectivity index (χ4n) is 9.66. The van der Waals surface area contributed by atoms with Gasteiger partial charge in [-0.3, -0.25) is 34.0 Å². The van der Waals surface area contributed by atoms with E-state index in [1.165, 1.54) is 16.9 Å². The van der Waals surface area contributed by atoms with Crippen LogP contribution in [-0.4, -0.2) is 135 Å². The van der Waals surface area contributed by atoms with E-state index in [0.717, 1.165) is 30.3 Å². The van der Waals surface area contributed by atoms with Crippen LogP contribution in [0.25, 0.3) is 16.6 Å². The Morgan fingerprint density at radius 3 is 2.71 bits per heavy atom. The van der Waals surface area contributed by atoms with Crippen molar-refractivity contribution in [1.82, 2.24) is 44.4 Å². The number of ether oxygens (including phenoxy) is 3. The molecule has 1 unspecified atom stereocenters. The number of nitrogens with zero attached hydrogens (tertiary/aromatic N) is 9. The highest BCUT2D eigenvalue weighted by Crippen LogP contribution is 2.36. The number of imide groups is 1. The summed E-state index contributed by atoms with van der Waals surface area (Å²) in [4.78, 5) is 46.7. The topological polar surface area (TPSA) is 175 Å². The number of methoxy groups -OCH3 is 1. The second-order valence-corrected chi connectivity index (χ2v) is 17.3. The number of halogens is 3. The van der Waals surface area contributed by atoms with Gasteiger partial charge in [0.05, 0.1) is 66.0 Å². The molecule has 0 radical (unpaired) electrons. The van der Waals surface area contributed by atoms with Gasteiger partial charge in [0.2, 0.25) is 11.8 Å². The zero-order valence-electron chi connectivity index (χ0n) is 36.3. The molecule has 0 bridgehead atoms. The van der Waals surface area contributed by atoms with Crippen LogP contribution in [0.15, 0.2) is 42.9 Å². The van der Waals surface area contributed by atoms with Gasteiger partial charge in [-0.25, -0.2) is 22.7 Å². The summed E-state index contributed by atoms with van der Waals surface area (Å²) < 4.78 is 65.8. The SMILES string of the molecule is COC[C@@H]1CN(c2ccn3ncc(C(=O)Nc4cn(C5CCC(CN6CC[C@H](OCC#Cc7cccc8c(C9CCC(=O)NC9=O)nn(C)c78)[C@H](F)C6)CC5)nc4C(F)F)c3n2)CCO1. The predicted molar refractivity (Wildman–Crippen MR) is 231 cm³/mol. The first-order chi connectivity index (χ1) is 31.5. The summed E-state index contributed by atoms with van der Waals surface area (Å²) in [6.45, 7) is 3.82. The van der Waals surface area contributed by atoms with Crippen molar-refractivity contribution >= 4 is 45.8 Å². The third-order valence-corrected chi connectivity index (χ3v) is 13.0. The van der Waals surface area contributed by atoms with Gasteiger partial charge in [-0.1, -0.05) is 24.0 Å². The van der Waals surface area contributed by atoms with Gasteiger partial charge in [0.15, 0.2) is 11.3 Å². The summed E-state index contributed by atoms with van der Waals surface area (Å²) in [7, 11) is 3.41. The molecule has 344 valence electrons. The number of rotatable bonds is 12. The molecule has 2 N–H and O–H groups in total. The highest BCUT2D eigenvalue weighted by molar-refractivity contribution is 6.08. The summed E-state index contributed by atoms with van der Waals surface area (Å²) in [5.74, 6) is 5.36. The van der Waals surface area contributed by atoms with Crippen molar-refractivity contribution in [3.63, 3.8) is 0 Å². The van der Waals surface area contributed by atoms with Crippen LogP contribution in [0.3, 0.4) is 0 Å². The maximum atomic E-state index is 15.5. The molecule has 20 heteroatoms. The average Bonchev–Trinajstić information content (AvgIpc) is 4.02. The van der Waals surface area contributed by atoms with Crippen molar-refractivity contribution in [3.05, 3.63) is 65.4 Å². The largest absolute Gasteiger partial charge is 0.382 e. The Hall–Kier alpha value is -5.88. The van der Waals surface area contributed by atoms with Crippen LogP contribution >= 0.6 is 0 Å². The van der Waals surface area contributed by atoms with Gasteiger partial charge in [0, 0.05) is 71.1 Å². The number of anilines is 2. The van der Waals surface area contributed by atoms with E-state index < -0.39 is 36.2 Å². The summed E-state index contributed by atoms with van der Waals surface area (Å²) in [6.07, 6.45) is 4.01. The van der Waals surface area contributed by atoms with Crippen molar-refractivity contribution in [3.8, 4) is 11.8 Å². The molecular weight excluding hydrogens is 848 g/mol. The number of alkyl halides is 3. The monoisotopic (exact) mass is 899 g/mol. The number of carbonyl (C=O) groups is 3. The fraction of sp³-hybridized carbons (Fsp3) is 0.533. The lowest BCUT2D eigenvalue weighted by molar-refractivity contribution is -0.134. The highest BCUT2D eigenvalue weighted by atomic mass is 19.3. The van der Waals surface area contributed by atoms with Crippen molar-refractivity contribution in [2.24, 2.45) is 13.0 Å². The Bertz CT molecular complexity index is 2610. The van der Waals surface area contributed by atoms with Gasteiger partial charge in [0.25, 0.3) is 12.3 Å². The molecule has 0 spiro atoms. The minimum Gasteiger partial charge on any atom is -0.382 e. The van der Waals surface area contributed by atoms with Gasteiger partial charge in [-0.2, -0.15) is 15.3 Å². The number of benzene rings is 1. The molecule has 5 aromatic rings. The van der Waals surface area contributed by atoms with E-state index in [9.17, 15) is 23.2 Å². The Labute approximate surface area is 372 Å². The van der Waals surface area contributed by atoms with Crippen LogP contribution in [0.5, 0.6) is 0 Å². The number of carbonyl (C=O) groups excluding carboxylic acids is 3. The van der Waals surface area contributed by atoms with E-state index in [1.54, 1.807) is 35.8 Å². The molecule has 4 fully saturated rings. The number of para-hydroxylation sites is 1. The first kappa shape index (κ1) is 44.3. The Kier molecular flexibility index (Phi) is 13.2. The number of amides is 3. The Balaban J connectivity index is 0.755. The first-order valence-corrected chi connectivity index (χ1v) is 22.2. The molecule has 17 nitrogen and oxygen atoms in total. The molecule has 4 aromatic heterocycles. The quantitative estimate of drug-likeness (QED) is 0.132. The van der Waals surface area contributed by atoms with Gasteiger partial charge in [-0.15, -0.1) is 0 Å². The molecule has 3 aliphatic heterocycles. The van der Waals surface area contributed by atoms with Gasteiger partial charge in [-0.05, 0) is 56.6 Å². The normalized spacial score (nSPS) is 24.4. The maximum Gasteiger partial charge on any atom is 0.284 e. The molecule has 65 heavy (non-hydrogen) atoms. The van der Waals surface area contributed by atoms with Crippen LogP contribution in [0.2, 0.25) is 0 Å². The molecule has 3 saturated heterocycles. The lowest BCUT2D eigenvalue weighted by Gasteiger charge is -2.38. The van der Waals surface area contributed by atoms with Crippen molar-refractivity contribution < 1.29 is 41.8 Å². The highest BCUT2D eigenvalue weighted by Gasteiger charge is 2.34. The molecule has 1 saturated carbocycles. The zero-order chi connectivity index (χ0) is 45.2. The third kappa shape index (κ3) is 9.60. The van der Waals surface area contributed by atoms with Crippen LogP contribution in [-0.2, 0) is 30.8 Å². The number of nitrogens with one attached hydrogen (secondary N) is 2. The number of aromatic nitrogens is 7. The molecule has 7 heterocycles. The summed E-state index contributed by atoms with van der Waals surface area (Å²) in [5, 5.41) is 19.0. The minimum atomic E-state index is -2.91. The third-order valence-electron chi connectivity index (χ3n) is 13.0. The lowest BCUT2D eigenvalue weighted by atomic mass is 9.85. The number of likely N-dealkylation sites (tertiary alicyclic amines) is 1. The van der Waals surface area contributed by atoms with Crippen molar-refractivity contribution in [2.45, 2.75) is 81.7 Å². The number of hydrogen-bond donors (Lipinski definition) is 2. The number of fused-ring (bicyclic) bond motifs is 2. The van der Waals surface area contributed by atoms with Crippen molar-refractivity contribution in [2.75, 3.05) is 69.9 Å². The van der Waals surface area contributed by atoms with E-state index in [2.05, 4.69) is 42.7 Å². The molecule has 1 aliphatic carbocycles. The van der Waals surface area contributed by atoms with E-state index in [-0.39, 0.29) is 54.8 Å². The number of aryl methyl sites for hydroxylation is 1. The van der Waals surface area contributed by atoms with E-state index in [4.69, 9.17) is 19.2 Å². The number of piperidine rings is 2. The van der Waals surface area contributed by atoms with Gasteiger partial charge < -0.3 is 24.4 Å². The molecule has 3 amide bonds. The number of morpholine rings is 1. The summed E-state index contributed by atoms with van der Waals surface area (Å²) in [5.41, 5.74) is 1.97. The van der Waals surface area contributed by atoms with Gasteiger partial charge >= 0.3 is 0 Å². The lowest BCUT2D eigenvalue weighted by Crippen LogP contribution is -2.47. The fourth-order valence-corrected chi connectivity index (χ4v) is 9.66. The van der Waals surface area contributed by atoms with Crippen molar-refractivity contribution in [1.29, 1.82) is 0 Å². The first-order valence-electron chi connectivity index (χ1n) is 22.2. The standard InChI is InChI=1S/C45H52F3N11O6/c1-55-41-28(5-3-7-31(41)39(53-55)32-12-13-38(60)52-44(32)61)6-4-19-65-36-14-16-56(24-34(36)46)22-27-8-10-29(11-9-27)59-25-35(40(54-59)42(47)48)50-45(62)33-21-49-58-17-15-37(51-43(33)58)57-18-20-64-30(23-57)26-63-2/h3,5,7,15,17,21,25,27,29-30,32,34,36,42H,8-14,16,18-20,22-24,26H2,1-2H3,(H,50,62)(H,52,60,61)/t27?,29?,30-,32?,34+,36-/m0/s1. The molecular formula is C45H52F3N11O6. The van der Waals surface area contributed by atoms with E-state index >= 15 is 4.39 Å². The molecule has 1 aromatic carbocycles. The van der Waals surface area contributed by atoms with Crippen LogP contribution < -0.4 is 15.5 Å². The predicted octanol–water partition coefficient (Wildman–Crippen LogP) is 4.59. The van der Waals surface area contributed by atoms with E-state index in [1.807, 2.05) is 23.1 Å². The van der Waals surface area contributed by atoms with Crippen LogP contribution in [0, 0.1) is 17.8 Å². The van der Waals surface area contributed by atoms with E-state index in [0.29, 0.717) is 87.2 Å². The summed E-state index contributed by atoms with van der Waals surface area (Å²) in [6, 6.07) is 7.29. The number of hydrogen-bond acceptors (Lipinski definition) is 12. The summed E-state index contributed by atoms with van der Waals surface area (Å²) >= 11 is 0. The van der Waals surface area contributed by atoms with Crippen LogP contribution in [0.4, 0.5) is 24.7 Å². The van der Waals surface area contributed by atoms with Gasteiger partial charge in [0.1, 0.15) is 24.2 Å². The average molecular weight is 900 g/mol. The Morgan fingerprint density at radius 2 is 1.92 bits per heavy atom. The molecule has 4 atom stereocenters. The molecule has 9 rings (SSSR count).